The first kappa shape index (κ1) is 18.3. The number of ether oxygens (including phenoxy) is 1. The van der Waals surface area contributed by atoms with Gasteiger partial charge in [-0.3, -0.25) is 4.79 Å². The summed E-state index contributed by atoms with van der Waals surface area (Å²) in [6.45, 7) is 7.61. The molecule has 0 radical (unpaired) electrons. The third-order valence-electron chi connectivity index (χ3n) is 4.03. The number of rotatable bonds is 4. The number of fused-ring (bicyclic) bond motifs is 1. The van der Waals surface area contributed by atoms with Gasteiger partial charge in [0.2, 0.25) is 11.2 Å². The van der Waals surface area contributed by atoms with Crippen LogP contribution >= 0.6 is 11.6 Å². The molecule has 3 aromatic rings. The Morgan fingerprint density at radius 2 is 1.69 bits per heavy atom. The van der Waals surface area contributed by atoms with E-state index in [4.69, 9.17) is 20.8 Å². The van der Waals surface area contributed by atoms with E-state index in [0.717, 1.165) is 5.56 Å². The van der Waals surface area contributed by atoms with Crippen LogP contribution in [0.5, 0.6) is 11.5 Å². The summed E-state index contributed by atoms with van der Waals surface area (Å²) in [5.74, 6) is 0.651. The summed E-state index contributed by atoms with van der Waals surface area (Å²) in [6.07, 6.45) is -0.171. The largest absolute Gasteiger partial charge is 0.504 e. The Bertz CT molecular complexity index is 1000. The SMILES string of the molecule is CC(C)Oc1c(O)ccc2c(=O)c(-c3ccc(Cl)cc3)c(C(C)C)oc12. The maximum absolute atomic E-state index is 13.3. The summed E-state index contributed by atoms with van der Waals surface area (Å²) in [5, 5.41) is 11.2. The van der Waals surface area contributed by atoms with Crippen molar-refractivity contribution < 1.29 is 14.3 Å². The zero-order valence-corrected chi connectivity index (χ0v) is 15.9. The summed E-state index contributed by atoms with van der Waals surface area (Å²) in [4.78, 5) is 13.3. The minimum atomic E-state index is -0.171. The molecular weight excluding hydrogens is 352 g/mol. The van der Waals surface area contributed by atoms with Gasteiger partial charge >= 0.3 is 0 Å². The van der Waals surface area contributed by atoms with Gasteiger partial charge in [-0.1, -0.05) is 37.6 Å². The lowest BCUT2D eigenvalue weighted by Crippen LogP contribution is -2.12. The van der Waals surface area contributed by atoms with Gasteiger partial charge in [-0.05, 0) is 43.7 Å². The Balaban J connectivity index is 2.38. The molecule has 1 aromatic heterocycles. The molecule has 0 saturated heterocycles. The van der Waals surface area contributed by atoms with Gasteiger partial charge in [0.25, 0.3) is 0 Å². The van der Waals surface area contributed by atoms with Crippen molar-refractivity contribution in [3.63, 3.8) is 0 Å². The number of hydrogen-bond donors (Lipinski definition) is 1. The minimum Gasteiger partial charge on any atom is -0.504 e. The van der Waals surface area contributed by atoms with Gasteiger partial charge in [0.15, 0.2) is 11.3 Å². The fourth-order valence-electron chi connectivity index (χ4n) is 2.89. The standard InChI is InChI=1S/C21H21ClO4/c1-11(2)19-17(13-5-7-14(22)8-6-13)18(24)15-9-10-16(23)21(20(15)26-19)25-12(3)4/h5-12,23H,1-4H3. The lowest BCUT2D eigenvalue weighted by molar-refractivity contribution is 0.231. The maximum Gasteiger partial charge on any atom is 0.205 e. The topological polar surface area (TPSA) is 59.7 Å². The summed E-state index contributed by atoms with van der Waals surface area (Å²) in [7, 11) is 0. The van der Waals surface area contributed by atoms with E-state index < -0.39 is 0 Å². The normalized spacial score (nSPS) is 11.5. The first-order valence-electron chi connectivity index (χ1n) is 8.54. The molecule has 5 heteroatoms. The maximum atomic E-state index is 13.3. The van der Waals surface area contributed by atoms with Gasteiger partial charge in [-0.15, -0.1) is 0 Å². The van der Waals surface area contributed by atoms with E-state index in [1.54, 1.807) is 30.3 Å². The summed E-state index contributed by atoms with van der Waals surface area (Å²) in [6, 6.07) is 10.1. The van der Waals surface area contributed by atoms with Crippen LogP contribution in [0.2, 0.25) is 5.02 Å². The molecule has 0 aliphatic carbocycles. The van der Waals surface area contributed by atoms with Crippen molar-refractivity contribution in [2.24, 2.45) is 0 Å². The fraction of sp³-hybridized carbons (Fsp3) is 0.286. The highest BCUT2D eigenvalue weighted by Gasteiger charge is 2.22. The first-order valence-corrected chi connectivity index (χ1v) is 8.92. The number of phenols is 1. The Morgan fingerprint density at radius 1 is 1.04 bits per heavy atom. The van der Waals surface area contributed by atoms with Crippen molar-refractivity contribution in [3.8, 4) is 22.6 Å². The van der Waals surface area contributed by atoms with Crippen molar-refractivity contribution in [1.29, 1.82) is 0 Å². The van der Waals surface area contributed by atoms with Crippen LogP contribution in [0.1, 0.15) is 39.4 Å². The molecule has 0 fully saturated rings. The highest BCUT2D eigenvalue weighted by Crippen LogP contribution is 2.38. The van der Waals surface area contributed by atoms with E-state index in [9.17, 15) is 9.90 Å². The van der Waals surface area contributed by atoms with Crippen molar-refractivity contribution in [1.82, 2.24) is 0 Å². The Kier molecular flexibility index (Phi) is 4.97. The predicted molar refractivity (Wildman–Crippen MR) is 104 cm³/mol. The Hall–Kier alpha value is -2.46. The van der Waals surface area contributed by atoms with Crippen LogP contribution in [0, 0.1) is 0 Å². The van der Waals surface area contributed by atoms with E-state index in [2.05, 4.69) is 0 Å². The van der Waals surface area contributed by atoms with Gasteiger partial charge < -0.3 is 14.3 Å². The van der Waals surface area contributed by atoms with Crippen LogP contribution in [0.3, 0.4) is 0 Å². The monoisotopic (exact) mass is 372 g/mol. The molecule has 1 N–H and O–H groups in total. The fourth-order valence-corrected chi connectivity index (χ4v) is 3.01. The molecule has 136 valence electrons. The van der Waals surface area contributed by atoms with Gasteiger partial charge in [-0.25, -0.2) is 0 Å². The molecule has 2 aromatic carbocycles. The molecule has 3 rings (SSSR count). The molecule has 0 aliphatic heterocycles. The first-order chi connectivity index (χ1) is 12.3. The number of benzene rings is 2. The van der Waals surface area contributed by atoms with Gasteiger partial charge in [0.1, 0.15) is 5.76 Å². The van der Waals surface area contributed by atoms with E-state index in [-0.39, 0.29) is 34.5 Å². The molecule has 0 unspecified atom stereocenters. The van der Waals surface area contributed by atoms with Crippen LogP contribution in [-0.4, -0.2) is 11.2 Å². The van der Waals surface area contributed by atoms with Crippen LogP contribution in [0.15, 0.2) is 45.6 Å². The number of phenolic OH excluding ortho intramolecular Hbond substituents is 1. The lowest BCUT2D eigenvalue weighted by atomic mass is 9.97. The average Bonchev–Trinajstić information content (AvgIpc) is 2.58. The number of aromatic hydroxyl groups is 1. The number of halogens is 1. The summed E-state index contributed by atoms with van der Waals surface area (Å²) < 4.78 is 11.8. The van der Waals surface area contributed by atoms with Gasteiger partial charge in [0, 0.05) is 10.9 Å². The smallest absolute Gasteiger partial charge is 0.205 e. The average molecular weight is 373 g/mol. The predicted octanol–water partition coefficient (Wildman–Crippen LogP) is 5.73. The van der Waals surface area contributed by atoms with Crippen molar-refractivity contribution in [2.75, 3.05) is 0 Å². The molecule has 26 heavy (non-hydrogen) atoms. The van der Waals surface area contributed by atoms with Crippen molar-refractivity contribution >= 4 is 22.6 Å². The Labute approximate surface area is 157 Å². The second-order valence-electron chi connectivity index (χ2n) is 6.79. The zero-order chi connectivity index (χ0) is 19.0. The second-order valence-corrected chi connectivity index (χ2v) is 7.23. The molecule has 0 atom stereocenters. The second kappa shape index (κ2) is 7.04. The van der Waals surface area contributed by atoms with Gasteiger partial charge in [-0.2, -0.15) is 0 Å². The van der Waals surface area contributed by atoms with Crippen LogP contribution in [-0.2, 0) is 0 Å². The van der Waals surface area contributed by atoms with Crippen molar-refractivity contribution in [2.45, 2.75) is 39.7 Å². The quantitative estimate of drug-likeness (QED) is 0.635. The lowest BCUT2D eigenvalue weighted by Gasteiger charge is -2.17. The van der Waals surface area contributed by atoms with E-state index >= 15 is 0 Å². The number of hydrogen-bond acceptors (Lipinski definition) is 4. The van der Waals surface area contributed by atoms with E-state index in [1.807, 2.05) is 27.7 Å². The summed E-state index contributed by atoms with van der Waals surface area (Å²) in [5.41, 5.74) is 1.36. The molecule has 0 aliphatic rings. The van der Waals surface area contributed by atoms with E-state index in [0.29, 0.717) is 21.7 Å². The van der Waals surface area contributed by atoms with Crippen LogP contribution in [0.25, 0.3) is 22.1 Å². The summed E-state index contributed by atoms with van der Waals surface area (Å²) >= 11 is 5.98. The minimum absolute atomic E-state index is 0.0352. The molecule has 4 nitrogen and oxygen atoms in total. The third kappa shape index (κ3) is 3.29. The Morgan fingerprint density at radius 3 is 2.27 bits per heavy atom. The molecule has 0 bridgehead atoms. The van der Waals surface area contributed by atoms with Crippen LogP contribution in [0.4, 0.5) is 0 Å². The zero-order valence-electron chi connectivity index (χ0n) is 15.2. The third-order valence-corrected chi connectivity index (χ3v) is 4.28. The molecule has 0 saturated carbocycles. The molecule has 1 heterocycles. The van der Waals surface area contributed by atoms with Crippen molar-refractivity contribution in [3.05, 3.63) is 57.4 Å². The highest BCUT2D eigenvalue weighted by molar-refractivity contribution is 6.30. The van der Waals surface area contributed by atoms with E-state index in [1.165, 1.54) is 6.07 Å². The van der Waals surface area contributed by atoms with Gasteiger partial charge in [0.05, 0.1) is 17.1 Å². The molecular formula is C21H21ClO4. The van der Waals surface area contributed by atoms with Crippen LogP contribution < -0.4 is 10.2 Å². The highest BCUT2D eigenvalue weighted by atomic mass is 35.5. The molecule has 0 spiro atoms. The molecule has 0 amide bonds.